The van der Waals surface area contributed by atoms with Gasteiger partial charge in [-0.2, -0.15) is 0 Å². The smallest absolute Gasteiger partial charge is 0.242 e. The second-order valence-electron chi connectivity index (χ2n) is 3.40. The molecule has 1 aromatic heterocycles. The van der Waals surface area contributed by atoms with E-state index < -0.39 is 16.1 Å². The maximum Gasteiger partial charge on any atom is 0.242 e. The molecule has 0 radical (unpaired) electrons. The number of aryl methyl sites for hydroxylation is 1. The Morgan fingerprint density at radius 1 is 1.65 bits per heavy atom. The normalized spacial score (nSPS) is 13.9. The molecule has 98 valence electrons. The van der Waals surface area contributed by atoms with E-state index in [0.29, 0.717) is 0 Å². The quantitative estimate of drug-likeness (QED) is 0.790. The third-order valence-electron chi connectivity index (χ3n) is 2.01. The summed E-state index contributed by atoms with van der Waals surface area (Å²) in [6, 6.07) is 1.16. The highest BCUT2D eigenvalue weighted by Crippen LogP contribution is 2.29. The lowest BCUT2D eigenvalue weighted by molar-refractivity contribution is 0.181. The zero-order valence-corrected chi connectivity index (χ0v) is 13.3. The average Bonchev–Trinajstić information content (AvgIpc) is 2.57. The van der Waals surface area contributed by atoms with Crippen LogP contribution in [-0.2, 0) is 14.8 Å². The molecule has 1 N–H and O–H groups in total. The summed E-state index contributed by atoms with van der Waals surface area (Å²) in [5, 5.41) is 0. The molecule has 1 heterocycles. The number of alkyl halides is 1. The topological polar surface area (TPSA) is 55.4 Å². The van der Waals surface area contributed by atoms with Gasteiger partial charge in [-0.1, -0.05) is 0 Å². The minimum absolute atomic E-state index is 0.164. The van der Waals surface area contributed by atoms with Gasteiger partial charge in [0, 0.05) is 17.9 Å². The minimum Gasteiger partial charge on any atom is -0.383 e. The first-order valence-corrected chi connectivity index (χ1v) is 8.36. The SMILES string of the molecule is COCC(CCl)NS(=O)(=O)c1cc(Br)sc1C. The Morgan fingerprint density at radius 3 is 2.71 bits per heavy atom. The molecule has 0 aliphatic heterocycles. The molecule has 0 aromatic carbocycles. The van der Waals surface area contributed by atoms with Gasteiger partial charge < -0.3 is 4.74 Å². The van der Waals surface area contributed by atoms with Crippen LogP contribution in [0.25, 0.3) is 0 Å². The molecule has 1 aromatic rings. The van der Waals surface area contributed by atoms with Gasteiger partial charge >= 0.3 is 0 Å². The van der Waals surface area contributed by atoms with Crippen molar-refractivity contribution in [2.75, 3.05) is 19.6 Å². The third-order valence-corrected chi connectivity index (χ3v) is 5.71. The highest BCUT2D eigenvalue weighted by molar-refractivity contribution is 9.11. The van der Waals surface area contributed by atoms with Gasteiger partial charge in [0.05, 0.1) is 21.3 Å². The summed E-state index contributed by atoms with van der Waals surface area (Å²) < 4.78 is 32.3. The van der Waals surface area contributed by atoms with Crippen LogP contribution < -0.4 is 4.72 Å². The van der Waals surface area contributed by atoms with Crippen LogP contribution >= 0.6 is 38.9 Å². The van der Waals surface area contributed by atoms with Gasteiger partial charge in [0.25, 0.3) is 0 Å². The lowest BCUT2D eigenvalue weighted by Crippen LogP contribution is -2.39. The van der Waals surface area contributed by atoms with Crippen LogP contribution in [0.5, 0.6) is 0 Å². The molecule has 0 bridgehead atoms. The number of halogens is 2. The zero-order chi connectivity index (χ0) is 13.1. The van der Waals surface area contributed by atoms with Crippen LogP contribution in [0, 0.1) is 6.92 Å². The van der Waals surface area contributed by atoms with Crippen molar-refractivity contribution in [2.45, 2.75) is 17.9 Å². The van der Waals surface area contributed by atoms with Crippen LogP contribution in [0.15, 0.2) is 14.7 Å². The molecule has 17 heavy (non-hydrogen) atoms. The van der Waals surface area contributed by atoms with Crippen LogP contribution in [0.2, 0.25) is 0 Å². The van der Waals surface area contributed by atoms with Crippen LogP contribution in [-0.4, -0.2) is 34.1 Å². The molecule has 0 amide bonds. The predicted molar refractivity (Wildman–Crippen MR) is 73.5 cm³/mol. The van der Waals surface area contributed by atoms with Crippen molar-refractivity contribution < 1.29 is 13.2 Å². The number of hydrogen-bond acceptors (Lipinski definition) is 4. The summed E-state index contributed by atoms with van der Waals surface area (Å²) in [5.41, 5.74) is 0. The Labute approximate surface area is 118 Å². The monoisotopic (exact) mass is 361 g/mol. The average molecular weight is 363 g/mol. The molecule has 0 aliphatic rings. The summed E-state index contributed by atoms with van der Waals surface area (Å²) in [7, 11) is -2.04. The number of methoxy groups -OCH3 is 1. The van der Waals surface area contributed by atoms with Gasteiger partial charge in [0.1, 0.15) is 0 Å². The fraction of sp³-hybridized carbons (Fsp3) is 0.556. The Bertz CT molecular complexity index is 475. The molecule has 1 rings (SSSR count). The van der Waals surface area contributed by atoms with Gasteiger partial charge in [0.2, 0.25) is 10.0 Å². The molecule has 1 unspecified atom stereocenters. The Morgan fingerprint density at radius 2 is 2.29 bits per heavy atom. The van der Waals surface area contributed by atoms with E-state index in [1.807, 2.05) is 0 Å². The first-order valence-electron chi connectivity index (χ1n) is 4.74. The van der Waals surface area contributed by atoms with E-state index in [1.165, 1.54) is 18.4 Å². The molecule has 0 fully saturated rings. The number of thiophene rings is 1. The number of sulfonamides is 1. The lowest BCUT2D eigenvalue weighted by atomic mass is 10.4. The van der Waals surface area contributed by atoms with Crippen molar-refractivity contribution in [2.24, 2.45) is 0 Å². The number of hydrogen-bond donors (Lipinski definition) is 1. The van der Waals surface area contributed by atoms with Gasteiger partial charge in [-0.05, 0) is 28.9 Å². The van der Waals surface area contributed by atoms with Gasteiger partial charge in [0.15, 0.2) is 0 Å². The summed E-state index contributed by atoms with van der Waals surface area (Å²) in [6.45, 7) is 2.00. The molecule has 8 heteroatoms. The first-order chi connectivity index (χ1) is 7.90. The van der Waals surface area contributed by atoms with Crippen molar-refractivity contribution in [3.8, 4) is 0 Å². The first kappa shape index (κ1) is 15.4. The fourth-order valence-corrected chi connectivity index (χ4v) is 5.18. The Kier molecular flexibility index (Phi) is 5.88. The van der Waals surface area contributed by atoms with E-state index in [0.717, 1.165) is 8.66 Å². The lowest BCUT2D eigenvalue weighted by Gasteiger charge is -2.14. The standard InChI is InChI=1S/C9H13BrClNO3S2/c1-6-8(3-9(10)16-6)17(13,14)12-7(4-11)5-15-2/h3,7,12H,4-5H2,1-2H3. The summed E-state index contributed by atoms with van der Waals surface area (Å²) in [5.74, 6) is 0.164. The van der Waals surface area contributed by atoms with Crippen LogP contribution in [0.4, 0.5) is 0 Å². The number of ether oxygens (including phenoxy) is 1. The minimum atomic E-state index is -3.54. The van der Waals surface area contributed by atoms with Crippen LogP contribution in [0.1, 0.15) is 4.88 Å². The maximum absolute atomic E-state index is 12.1. The number of rotatable bonds is 6. The highest BCUT2D eigenvalue weighted by Gasteiger charge is 2.23. The van der Waals surface area contributed by atoms with Crippen molar-refractivity contribution in [1.82, 2.24) is 4.72 Å². The van der Waals surface area contributed by atoms with Crippen molar-refractivity contribution >= 4 is 48.9 Å². The van der Waals surface area contributed by atoms with E-state index in [-0.39, 0.29) is 17.4 Å². The van der Waals surface area contributed by atoms with E-state index in [1.54, 1.807) is 13.0 Å². The van der Waals surface area contributed by atoms with E-state index in [4.69, 9.17) is 16.3 Å². The second-order valence-corrected chi connectivity index (χ2v) is 8.03. The number of nitrogens with one attached hydrogen (secondary N) is 1. The van der Waals surface area contributed by atoms with Crippen molar-refractivity contribution in [1.29, 1.82) is 0 Å². The molecule has 0 saturated heterocycles. The molecule has 0 aliphatic carbocycles. The van der Waals surface area contributed by atoms with Gasteiger partial charge in [-0.3, -0.25) is 0 Å². The largest absolute Gasteiger partial charge is 0.383 e. The highest BCUT2D eigenvalue weighted by atomic mass is 79.9. The van der Waals surface area contributed by atoms with Gasteiger partial charge in [-0.15, -0.1) is 22.9 Å². The van der Waals surface area contributed by atoms with Crippen LogP contribution in [0.3, 0.4) is 0 Å². The summed E-state index contributed by atoms with van der Waals surface area (Å²) in [4.78, 5) is 1.01. The molecular weight excluding hydrogens is 350 g/mol. The second kappa shape index (κ2) is 6.49. The maximum atomic E-state index is 12.1. The zero-order valence-electron chi connectivity index (χ0n) is 9.37. The third kappa shape index (κ3) is 4.18. The predicted octanol–water partition coefficient (Wildman–Crippen LogP) is 2.35. The van der Waals surface area contributed by atoms with E-state index in [9.17, 15) is 8.42 Å². The molecule has 0 spiro atoms. The van der Waals surface area contributed by atoms with Gasteiger partial charge in [-0.25, -0.2) is 13.1 Å². The fourth-order valence-electron chi connectivity index (χ4n) is 1.29. The Hall–Kier alpha value is 0.340. The van der Waals surface area contributed by atoms with E-state index in [2.05, 4.69) is 20.7 Å². The van der Waals surface area contributed by atoms with Crippen molar-refractivity contribution in [3.05, 3.63) is 14.7 Å². The summed E-state index contributed by atoms with van der Waals surface area (Å²) in [6.07, 6.45) is 0. The Balaban J connectivity index is 2.92. The summed E-state index contributed by atoms with van der Waals surface area (Å²) >= 11 is 10.3. The molecular formula is C9H13BrClNO3S2. The molecule has 4 nitrogen and oxygen atoms in total. The molecule has 0 saturated carbocycles. The van der Waals surface area contributed by atoms with E-state index >= 15 is 0 Å². The van der Waals surface area contributed by atoms with Crippen molar-refractivity contribution in [3.63, 3.8) is 0 Å². The molecule has 1 atom stereocenters.